The lowest BCUT2D eigenvalue weighted by Crippen LogP contribution is -2.48. The maximum Gasteiger partial charge on any atom is 0.411 e. The van der Waals surface area contributed by atoms with Crippen molar-refractivity contribution in [1.29, 1.82) is 0 Å². The zero-order valence-corrected chi connectivity index (χ0v) is 18.7. The molecule has 1 amide bonds. The van der Waals surface area contributed by atoms with E-state index in [1.54, 1.807) is 0 Å². The highest BCUT2D eigenvalue weighted by atomic mass is 28.4. The number of carbonyl (C=O) groups is 1. The lowest BCUT2D eigenvalue weighted by molar-refractivity contribution is 0.0130. The second kappa shape index (κ2) is 6.64. The third-order valence-electron chi connectivity index (χ3n) is 5.92. The van der Waals surface area contributed by atoms with Gasteiger partial charge in [0.1, 0.15) is 5.60 Å². The van der Waals surface area contributed by atoms with Crippen molar-refractivity contribution < 1.29 is 14.0 Å². The molecule has 0 saturated carbocycles. The van der Waals surface area contributed by atoms with Crippen molar-refractivity contribution in [3.63, 3.8) is 0 Å². The molecule has 5 heteroatoms. The number of piperidine rings is 1. The van der Waals surface area contributed by atoms with E-state index in [9.17, 15) is 4.79 Å². The maximum atomic E-state index is 12.7. The summed E-state index contributed by atoms with van der Waals surface area (Å²) in [5.74, 6) is 1.05. The van der Waals surface area contributed by atoms with E-state index in [1.165, 1.54) is 5.57 Å². The SMILES string of the molecule is C/C(O[Si](C)(C)C(C)(C)C)=C1\CC[C@H]2CC[C@@H]1N2C(=O)OC(C)(C)C. The Bertz CT molecular complexity index is 554. The maximum absolute atomic E-state index is 12.7. The summed E-state index contributed by atoms with van der Waals surface area (Å²) in [5, 5.41) is 0.173. The van der Waals surface area contributed by atoms with Crippen LogP contribution in [0, 0.1) is 0 Å². The van der Waals surface area contributed by atoms with Crippen molar-refractivity contribution in [2.45, 2.75) is 110 Å². The van der Waals surface area contributed by atoms with Crippen molar-refractivity contribution in [2.24, 2.45) is 0 Å². The number of hydrogen-bond donors (Lipinski definition) is 0. The molecule has 2 saturated heterocycles. The Labute approximate surface area is 155 Å². The first-order chi connectivity index (χ1) is 11.2. The zero-order chi connectivity index (χ0) is 19.2. The normalized spacial score (nSPS) is 26.5. The lowest BCUT2D eigenvalue weighted by atomic mass is 9.96. The number of rotatable bonds is 2. The predicted octanol–water partition coefficient (Wildman–Crippen LogP) is 5.84. The molecule has 2 aliphatic heterocycles. The van der Waals surface area contributed by atoms with Crippen LogP contribution in [0.25, 0.3) is 0 Å². The second-order valence-corrected chi connectivity index (χ2v) is 14.8. The minimum Gasteiger partial charge on any atom is -0.547 e. The van der Waals surface area contributed by atoms with Gasteiger partial charge in [0.2, 0.25) is 8.32 Å². The van der Waals surface area contributed by atoms with Gasteiger partial charge in [0, 0.05) is 6.04 Å². The Balaban J connectivity index is 2.24. The third-order valence-corrected chi connectivity index (χ3v) is 10.4. The topological polar surface area (TPSA) is 38.8 Å². The van der Waals surface area contributed by atoms with E-state index in [0.29, 0.717) is 6.04 Å². The molecule has 2 fully saturated rings. The van der Waals surface area contributed by atoms with Crippen LogP contribution >= 0.6 is 0 Å². The standard InChI is InChI=1S/C20H37NO3Si/c1-14(24-25(8,9)20(5,6)7)16-12-10-15-11-13-17(16)21(15)18(22)23-19(2,3)4/h15,17H,10-13H2,1-9H3/b16-14-/t15-,17-/m0/s1. The Morgan fingerprint density at radius 3 is 2.20 bits per heavy atom. The van der Waals surface area contributed by atoms with E-state index in [4.69, 9.17) is 9.16 Å². The first-order valence-electron chi connectivity index (χ1n) is 9.63. The van der Waals surface area contributed by atoms with Crippen molar-refractivity contribution >= 4 is 14.4 Å². The molecular weight excluding hydrogens is 330 g/mol. The monoisotopic (exact) mass is 367 g/mol. The molecule has 144 valence electrons. The number of fused-ring (bicyclic) bond motifs is 2. The molecule has 25 heavy (non-hydrogen) atoms. The van der Waals surface area contributed by atoms with Gasteiger partial charge in [-0.05, 0) is 77.1 Å². The Kier molecular flexibility index (Phi) is 5.40. The fraction of sp³-hybridized carbons (Fsp3) is 0.850. The van der Waals surface area contributed by atoms with Crippen molar-refractivity contribution in [2.75, 3.05) is 0 Å². The fourth-order valence-corrected chi connectivity index (χ4v) is 4.80. The summed E-state index contributed by atoms with van der Waals surface area (Å²) in [4.78, 5) is 14.7. The number of allylic oxidation sites excluding steroid dienone is 1. The van der Waals surface area contributed by atoms with Gasteiger partial charge >= 0.3 is 6.09 Å². The van der Waals surface area contributed by atoms with E-state index >= 15 is 0 Å². The highest BCUT2D eigenvalue weighted by Gasteiger charge is 2.46. The average molecular weight is 368 g/mol. The van der Waals surface area contributed by atoms with Crippen molar-refractivity contribution in [1.82, 2.24) is 4.90 Å². The molecule has 2 aliphatic rings. The summed E-state index contributed by atoms with van der Waals surface area (Å²) in [6, 6.07) is 0.475. The van der Waals surface area contributed by atoms with Crippen molar-refractivity contribution in [3.8, 4) is 0 Å². The van der Waals surface area contributed by atoms with E-state index in [0.717, 1.165) is 31.4 Å². The van der Waals surface area contributed by atoms with Crippen LogP contribution < -0.4 is 0 Å². The molecule has 0 spiro atoms. The Hall–Kier alpha value is -0.973. The van der Waals surface area contributed by atoms with Gasteiger partial charge in [-0.15, -0.1) is 0 Å². The van der Waals surface area contributed by atoms with Crippen LogP contribution in [0.2, 0.25) is 18.1 Å². The molecule has 0 unspecified atom stereocenters. The summed E-state index contributed by atoms with van der Waals surface area (Å²) >= 11 is 0. The molecule has 0 N–H and O–H groups in total. The molecule has 2 bridgehead atoms. The molecule has 0 radical (unpaired) electrons. The molecule has 0 aliphatic carbocycles. The third kappa shape index (κ3) is 4.41. The predicted molar refractivity (Wildman–Crippen MR) is 105 cm³/mol. The lowest BCUT2D eigenvalue weighted by Gasteiger charge is -2.41. The quantitative estimate of drug-likeness (QED) is 0.454. The van der Waals surface area contributed by atoms with E-state index in [2.05, 4.69) is 40.8 Å². The van der Waals surface area contributed by atoms with E-state index < -0.39 is 13.9 Å². The van der Waals surface area contributed by atoms with Gasteiger partial charge in [-0.3, -0.25) is 4.90 Å². The van der Waals surface area contributed by atoms with Crippen LogP contribution in [0.4, 0.5) is 4.79 Å². The van der Waals surface area contributed by atoms with Crippen LogP contribution in [0.5, 0.6) is 0 Å². The highest BCUT2D eigenvalue weighted by Crippen LogP contribution is 2.43. The zero-order valence-electron chi connectivity index (χ0n) is 17.7. The highest BCUT2D eigenvalue weighted by molar-refractivity contribution is 6.74. The van der Waals surface area contributed by atoms with E-state index in [1.807, 2.05) is 25.7 Å². The smallest absolute Gasteiger partial charge is 0.411 e. The fourth-order valence-electron chi connectivity index (χ4n) is 3.60. The van der Waals surface area contributed by atoms with Crippen molar-refractivity contribution in [3.05, 3.63) is 11.3 Å². The first kappa shape index (κ1) is 20.3. The summed E-state index contributed by atoms with van der Waals surface area (Å²) in [5.41, 5.74) is 0.856. The minimum atomic E-state index is -1.86. The van der Waals surface area contributed by atoms with Gasteiger partial charge in [0.25, 0.3) is 0 Å². The van der Waals surface area contributed by atoms with Crippen LogP contribution in [0.15, 0.2) is 11.3 Å². The molecule has 2 atom stereocenters. The Morgan fingerprint density at radius 1 is 1.08 bits per heavy atom. The number of amides is 1. The van der Waals surface area contributed by atoms with Gasteiger partial charge in [-0.1, -0.05) is 20.8 Å². The molecule has 0 aromatic heterocycles. The van der Waals surface area contributed by atoms with Crippen LogP contribution in [0.1, 0.15) is 74.1 Å². The van der Waals surface area contributed by atoms with Crippen LogP contribution in [-0.4, -0.2) is 37.0 Å². The summed E-state index contributed by atoms with van der Waals surface area (Å²) in [6.07, 6.45) is 3.98. The second-order valence-electron chi connectivity index (χ2n) is 10.1. The Morgan fingerprint density at radius 2 is 1.68 bits per heavy atom. The van der Waals surface area contributed by atoms with Gasteiger partial charge in [0.15, 0.2) is 0 Å². The van der Waals surface area contributed by atoms with Gasteiger partial charge in [0.05, 0.1) is 11.8 Å². The molecule has 2 heterocycles. The number of nitrogens with zero attached hydrogens (tertiary/aromatic N) is 1. The van der Waals surface area contributed by atoms with Crippen LogP contribution in [0.3, 0.4) is 0 Å². The van der Waals surface area contributed by atoms with Gasteiger partial charge in [-0.25, -0.2) is 4.79 Å². The summed E-state index contributed by atoms with van der Waals surface area (Å²) in [6.45, 7) is 19.2. The minimum absolute atomic E-state index is 0.151. The largest absolute Gasteiger partial charge is 0.547 e. The van der Waals surface area contributed by atoms with Gasteiger partial charge < -0.3 is 9.16 Å². The number of ether oxygens (including phenoxy) is 1. The number of hydrogen-bond acceptors (Lipinski definition) is 3. The first-order valence-corrected chi connectivity index (χ1v) is 12.5. The number of carbonyl (C=O) groups excluding carboxylic acids is 1. The molecule has 0 aromatic carbocycles. The van der Waals surface area contributed by atoms with Crippen LogP contribution in [-0.2, 0) is 9.16 Å². The molecule has 4 nitrogen and oxygen atoms in total. The molecular formula is C20H37NO3Si. The summed E-state index contributed by atoms with van der Waals surface area (Å²) < 4.78 is 12.2. The van der Waals surface area contributed by atoms with E-state index in [-0.39, 0.29) is 17.2 Å². The average Bonchev–Trinajstić information content (AvgIpc) is 2.69. The molecule has 0 aromatic rings. The van der Waals surface area contributed by atoms with Gasteiger partial charge in [-0.2, -0.15) is 0 Å². The summed E-state index contributed by atoms with van der Waals surface area (Å²) in [7, 11) is -1.86. The molecule has 2 rings (SSSR count).